The van der Waals surface area contributed by atoms with E-state index in [-0.39, 0.29) is 6.10 Å². The number of hydrogen-bond donors (Lipinski definition) is 0. The van der Waals surface area contributed by atoms with Gasteiger partial charge in [-0.15, -0.1) is 0 Å². The Balaban J connectivity index is 2.00. The Labute approximate surface area is 102 Å². The maximum absolute atomic E-state index is 9.02. The van der Waals surface area contributed by atoms with Crippen molar-refractivity contribution >= 4 is 0 Å². The van der Waals surface area contributed by atoms with Gasteiger partial charge in [0.2, 0.25) is 0 Å². The highest BCUT2D eigenvalue weighted by atomic mass is 16.5. The predicted octanol–water partition coefficient (Wildman–Crippen LogP) is 2.81. The van der Waals surface area contributed by atoms with Crippen molar-refractivity contribution in [2.45, 2.75) is 32.3 Å². The molecule has 0 aliphatic carbocycles. The minimum Gasteiger partial charge on any atom is -0.489 e. The Morgan fingerprint density at radius 2 is 2.35 bits per heavy atom. The van der Waals surface area contributed by atoms with Crippen LogP contribution in [0.25, 0.3) is 0 Å². The number of benzene rings is 1. The second-order valence-corrected chi connectivity index (χ2v) is 4.36. The molecule has 0 radical (unpaired) electrons. The monoisotopic (exact) mass is 231 g/mol. The Hall–Kier alpha value is -1.53. The van der Waals surface area contributed by atoms with E-state index in [1.54, 1.807) is 6.07 Å². The highest BCUT2D eigenvalue weighted by molar-refractivity contribution is 5.47. The van der Waals surface area contributed by atoms with Crippen LogP contribution in [0.2, 0.25) is 0 Å². The van der Waals surface area contributed by atoms with Crippen molar-refractivity contribution in [2.75, 3.05) is 13.2 Å². The molecule has 1 aromatic carbocycles. The molecular weight excluding hydrogens is 214 g/mol. The van der Waals surface area contributed by atoms with Crippen LogP contribution in [0.1, 0.15) is 30.4 Å². The van der Waals surface area contributed by atoms with E-state index in [2.05, 4.69) is 6.07 Å². The minimum absolute atomic E-state index is 0.176. The summed E-state index contributed by atoms with van der Waals surface area (Å²) >= 11 is 0. The van der Waals surface area contributed by atoms with Crippen molar-refractivity contribution in [1.29, 1.82) is 5.26 Å². The Kier molecular flexibility index (Phi) is 4.00. The standard InChI is InChI=1S/C14H17NO2/c1-11-5-4-6-12(9-15)14(11)17-10-13-7-2-3-8-16-13/h4-6,13H,2-3,7-8,10H2,1H3. The van der Waals surface area contributed by atoms with E-state index in [1.165, 1.54) is 6.42 Å². The third-order valence-electron chi connectivity index (χ3n) is 3.02. The van der Waals surface area contributed by atoms with Gasteiger partial charge in [-0.3, -0.25) is 0 Å². The van der Waals surface area contributed by atoms with Crippen LogP contribution in [-0.4, -0.2) is 19.3 Å². The van der Waals surface area contributed by atoms with Crippen molar-refractivity contribution in [1.82, 2.24) is 0 Å². The highest BCUT2D eigenvalue weighted by Gasteiger charge is 2.16. The summed E-state index contributed by atoms with van der Waals surface area (Å²) in [5.41, 5.74) is 1.60. The van der Waals surface area contributed by atoms with Crippen molar-refractivity contribution in [3.05, 3.63) is 29.3 Å². The maximum Gasteiger partial charge on any atom is 0.140 e. The predicted molar refractivity (Wildman–Crippen MR) is 65.0 cm³/mol. The fourth-order valence-corrected chi connectivity index (χ4v) is 2.05. The second kappa shape index (κ2) is 5.70. The Morgan fingerprint density at radius 3 is 3.06 bits per heavy atom. The van der Waals surface area contributed by atoms with Crippen LogP contribution in [0.5, 0.6) is 5.75 Å². The summed E-state index contributed by atoms with van der Waals surface area (Å²) in [6, 6.07) is 7.77. The van der Waals surface area contributed by atoms with Gasteiger partial charge in [0.1, 0.15) is 18.4 Å². The van der Waals surface area contributed by atoms with Crippen molar-refractivity contribution in [2.24, 2.45) is 0 Å². The fraction of sp³-hybridized carbons (Fsp3) is 0.500. The molecule has 17 heavy (non-hydrogen) atoms. The molecule has 1 heterocycles. The summed E-state index contributed by atoms with van der Waals surface area (Å²) in [5, 5.41) is 9.02. The van der Waals surface area contributed by atoms with Crippen molar-refractivity contribution in [3.63, 3.8) is 0 Å². The van der Waals surface area contributed by atoms with E-state index >= 15 is 0 Å². The topological polar surface area (TPSA) is 42.2 Å². The zero-order valence-electron chi connectivity index (χ0n) is 10.1. The molecule has 1 atom stereocenters. The van der Waals surface area contributed by atoms with E-state index in [1.807, 2.05) is 19.1 Å². The van der Waals surface area contributed by atoms with Gasteiger partial charge in [-0.05, 0) is 37.8 Å². The molecule has 0 N–H and O–H groups in total. The lowest BCUT2D eigenvalue weighted by atomic mass is 10.1. The van der Waals surface area contributed by atoms with E-state index in [0.717, 1.165) is 25.0 Å². The van der Waals surface area contributed by atoms with Gasteiger partial charge in [0, 0.05) is 6.61 Å². The minimum atomic E-state index is 0.176. The van der Waals surface area contributed by atoms with Gasteiger partial charge in [0.05, 0.1) is 11.7 Å². The fourth-order valence-electron chi connectivity index (χ4n) is 2.05. The van der Waals surface area contributed by atoms with Gasteiger partial charge >= 0.3 is 0 Å². The molecule has 90 valence electrons. The van der Waals surface area contributed by atoms with E-state index in [0.29, 0.717) is 17.9 Å². The lowest BCUT2D eigenvalue weighted by molar-refractivity contribution is -0.0112. The normalized spacial score (nSPS) is 19.6. The number of aryl methyl sites for hydroxylation is 1. The van der Waals surface area contributed by atoms with Crippen molar-refractivity contribution < 1.29 is 9.47 Å². The van der Waals surface area contributed by atoms with E-state index in [9.17, 15) is 0 Å². The number of hydrogen-bond acceptors (Lipinski definition) is 3. The van der Waals surface area contributed by atoms with Crippen LogP contribution in [0.4, 0.5) is 0 Å². The summed E-state index contributed by atoms with van der Waals surface area (Å²) in [7, 11) is 0. The van der Waals surface area contributed by atoms with Crippen LogP contribution in [0.15, 0.2) is 18.2 Å². The molecule has 2 rings (SSSR count). The largest absolute Gasteiger partial charge is 0.489 e. The van der Waals surface area contributed by atoms with Gasteiger partial charge in [-0.1, -0.05) is 12.1 Å². The van der Waals surface area contributed by atoms with Crippen LogP contribution in [-0.2, 0) is 4.74 Å². The lowest BCUT2D eigenvalue weighted by Gasteiger charge is -2.23. The molecule has 3 heteroatoms. The molecule has 1 aliphatic heterocycles. The average molecular weight is 231 g/mol. The zero-order valence-corrected chi connectivity index (χ0v) is 10.1. The second-order valence-electron chi connectivity index (χ2n) is 4.36. The number of rotatable bonds is 3. The first-order chi connectivity index (χ1) is 8.31. The third-order valence-corrected chi connectivity index (χ3v) is 3.02. The quantitative estimate of drug-likeness (QED) is 0.803. The maximum atomic E-state index is 9.02. The van der Waals surface area contributed by atoms with E-state index in [4.69, 9.17) is 14.7 Å². The summed E-state index contributed by atoms with van der Waals surface area (Å²) in [6.07, 6.45) is 3.57. The molecule has 1 unspecified atom stereocenters. The van der Waals surface area contributed by atoms with Crippen LogP contribution in [0, 0.1) is 18.3 Å². The van der Waals surface area contributed by atoms with Gasteiger partial charge < -0.3 is 9.47 Å². The zero-order chi connectivity index (χ0) is 12.1. The first-order valence-corrected chi connectivity index (χ1v) is 6.05. The number of nitrogens with zero attached hydrogens (tertiary/aromatic N) is 1. The molecule has 0 bridgehead atoms. The summed E-state index contributed by atoms with van der Waals surface area (Å²) in [6.45, 7) is 3.32. The van der Waals surface area contributed by atoms with Gasteiger partial charge in [0.25, 0.3) is 0 Å². The molecule has 3 nitrogen and oxygen atoms in total. The molecule has 1 saturated heterocycles. The highest BCUT2D eigenvalue weighted by Crippen LogP contribution is 2.23. The van der Waals surface area contributed by atoms with Crippen molar-refractivity contribution in [3.8, 4) is 11.8 Å². The third kappa shape index (κ3) is 2.98. The summed E-state index contributed by atoms with van der Waals surface area (Å²) in [5.74, 6) is 0.698. The van der Waals surface area contributed by atoms with Gasteiger partial charge in [0.15, 0.2) is 0 Å². The summed E-state index contributed by atoms with van der Waals surface area (Å²) in [4.78, 5) is 0. The first kappa shape index (κ1) is 11.9. The Morgan fingerprint density at radius 1 is 1.47 bits per heavy atom. The van der Waals surface area contributed by atoms with Crippen LogP contribution < -0.4 is 4.74 Å². The molecule has 1 fully saturated rings. The average Bonchev–Trinajstić information content (AvgIpc) is 2.38. The summed E-state index contributed by atoms with van der Waals surface area (Å²) < 4.78 is 11.4. The molecular formula is C14H17NO2. The van der Waals surface area contributed by atoms with Gasteiger partial charge in [-0.2, -0.15) is 5.26 Å². The molecule has 0 aromatic heterocycles. The van der Waals surface area contributed by atoms with E-state index < -0.39 is 0 Å². The van der Waals surface area contributed by atoms with Crippen LogP contribution in [0.3, 0.4) is 0 Å². The lowest BCUT2D eigenvalue weighted by Crippen LogP contribution is -2.26. The molecule has 1 aliphatic rings. The number of para-hydroxylation sites is 1. The molecule has 0 saturated carbocycles. The van der Waals surface area contributed by atoms with Gasteiger partial charge in [-0.25, -0.2) is 0 Å². The first-order valence-electron chi connectivity index (χ1n) is 6.05. The SMILES string of the molecule is Cc1cccc(C#N)c1OCC1CCCCO1. The number of ether oxygens (including phenoxy) is 2. The smallest absolute Gasteiger partial charge is 0.140 e. The molecule has 1 aromatic rings. The molecule has 0 amide bonds. The Bertz CT molecular complexity index is 417. The van der Waals surface area contributed by atoms with Crippen LogP contribution >= 0.6 is 0 Å². The number of nitriles is 1. The molecule has 0 spiro atoms.